The molecule has 0 saturated carbocycles. The molecule has 1 aromatic heterocycles. The molecule has 0 aliphatic carbocycles. The fourth-order valence-electron chi connectivity index (χ4n) is 2.51. The van der Waals surface area contributed by atoms with Crippen molar-refractivity contribution in [2.24, 2.45) is 5.92 Å². The van der Waals surface area contributed by atoms with Crippen molar-refractivity contribution >= 4 is 28.4 Å². The van der Waals surface area contributed by atoms with Gasteiger partial charge in [-0.1, -0.05) is 43.3 Å². The van der Waals surface area contributed by atoms with Crippen LogP contribution in [0.4, 0.5) is 5.69 Å². The molecular weight excluding hydrogens is 358 g/mol. The Balaban J connectivity index is 1.58. The van der Waals surface area contributed by atoms with E-state index >= 15 is 0 Å². The van der Waals surface area contributed by atoms with Crippen molar-refractivity contribution in [3.8, 4) is 0 Å². The standard InChI is InChI=1S/C20H21N5O3/c1-13(2)19(27)22-15-9-7-14(8-10-15)11-21-18(26)12-25-20(28)16-5-3-4-6-17(16)23-24-25/h3-10,13H,11-12H2,1-2H3,(H,21,26)(H,22,27). The molecule has 0 atom stereocenters. The van der Waals surface area contributed by atoms with Crippen molar-refractivity contribution in [3.63, 3.8) is 0 Å². The van der Waals surface area contributed by atoms with Gasteiger partial charge in [0.25, 0.3) is 5.56 Å². The molecule has 0 aliphatic heterocycles. The van der Waals surface area contributed by atoms with Gasteiger partial charge in [0, 0.05) is 18.2 Å². The summed E-state index contributed by atoms with van der Waals surface area (Å²) in [7, 11) is 0. The summed E-state index contributed by atoms with van der Waals surface area (Å²) in [5.41, 5.74) is 1.71. The molecule has 2 aromatic carbocycles. The molecule has 0 saturated heterocycles. The lowest BCUT2D eigenvalue weighted by Gasteiger charge is -2.09. The average molecular weight is 379 g/mol. The number of hydrogen-bond acceptors (Lipinski definition) is 5. The van der Waals surface area contributed by atoms with Crippen LogP contribution in [0.25, 0.3) is 10.9 Å². The van der Waals surface area contributed by atoms with E-state index in [1.807, 2.05) is 26.0 Å². The van der Waals surface area contributed by atoms with Crippen LogP contribution in [0.3, 0.4) is 0 Å². The number of nitrogens with zero attached hydrogens (tertiary/aromatic N) is 3. The lowest BCUT2D eigenvalue weighted by molar-refractivity contribution is -0.122. The van der Waals surface area contributed by atoms with Crippen molar-refractivity contribution in [2.45, 2.75) is 26.9 Å². The molecule has 3 aromatic rings. The van der Waals surface area contributed by atoms with E-state index in [-0.39, 0.29) is 29.8 Å². The molecule has 0 radical (unpaired) electrons. The molecule has 28 heavy (non-hydrogen) atoms. The zero-order valence-corrected chi connectivity index (χ0v) is 15.7. The second kappa shape index (κ2) is 8.43. The lowest BCUT2D eigenvalue weighted by Crippen LogP contribution is -2.34. The van der Waals surface area contributed by atoms with E-state index in [2.05, 4.69) is 20.9 Å². The van der Waals surface area contributed by atoms with Gasteiger partial charge in [-0.25, -0.2) is 4.68 Å². The minimum Gasteiger partial charge on any atom is -0.350 e. The van der Waals surface area contributed by atoms with E-state index in [1.54, 1.807) is 36.4 Å². The van der Waals surface area contributed by atoms with Crippen LogP contribution >= 0.6 is 0 Å². The van der Waals surface area contributed by atoms with E-state index in [0.717, 1.165) is 10.2 Å². The highest BCUT2D eigenvalue weighted by molar-refractivity contribution is 5.92. The monoisotopic (exact) mass is 379 g/mol. The molecule has 0 fully saturated rings. The van der Waals surface area contributed by atoms with E-state index in [0.29, 0.717) is 23.1 Å². The predicted molar refractivity (Wildman–Crippen MR) is 106 cm³/mol. The number of amides is 2. The lowest BCUT2D eigenvalue weighted by atomic mass is 10.1. The normalized spacial score (nSPS) is 10.8. The second-order valence-electron chi connectivity index (χ2n) is 6.69. The second-order valence-corrected chi connectivity index (χ2v) is 6.69. The highest BCUT2D eigenvalue weighted by Crippen LogP contribution is 2.11. The van der Waals surface area contributed by atoms with Gasteiger partial charge in [0.2, 0.25) is 11.8 Å². The first-order chi connectivity index (χ1) is 13.4. The van der Waals surface area contributed by atoms with Gasteiger partial charge in [-0.3, -0.25) is 14.4 Å². The zero-order chi connectivity index (χ0) is 20.1. The molecule has 0 aliphatic rings. The predicted octanol–water partition coefficient (Wildman–Crippen LogP) is 1.70. The Bertz CT molecular complexity index is 1060. The molecular formula is C20H21N5O3. The SMILES string of the molecule is CC(C)C(=O)Nc1ccc(CNC(=O)Cn2nnc3ccccc3c2=O)cc1. The maximum atomic E-state index is 12.4. The van der Waals surface area contributed by atoms with Crippen LogP contribution < -0.4 is 16.2 Å². The molecule has 1 heterocycles. The van der Waals surface area contributed by atoms with E-state index in [4.69, 9.17) is 0 Å². The van der Waals surface area contributed by atoms with Gasteiger partial charge in [-0.2, -0.15) is 0 Å². The van der Waals surface area contributed by atoms with Gasteiger partial charge in [-0.15, -0.1) is 5.10 Å². The molecule has 8 nitrogen and oxygen atoms in total. The van der Waals surface area contributed by atoms with Crippen molar-refractivity contribution in [2.75, 3.05) is 5.32 Å². The number of rotatable bonds is 6. The average Bonchev–Trinajstić information content (AvgIpc) is 2.69. The zero-order valence-electron chi connectivity index (χ0n) is 15.7. The van der Waals surface area contributed by atoms with Gasteiger partial charge >= 0.3 is 0 Å². The van der Waals surface area contributed by atoms with Crippen LogP contribution in [0.15, 0.2) is 53.3 Å². The third-order valence-corrected chi connectivity index (χ3v) is 4.16. The Morgan fingerprint density at radius 3 is 2.50 bits per heavy atom. The smallest absolute Gasteiger partial charge is 0.278 e. The summed E-state index contributed by atoms with van der Waals surface area (Å²) in [6.45, 7) is 3.74. The van der Waals surface area contributed by atoms with Crippen LogP contribution in [-0.4, -0.2) is 26.8 Å². The van der Waals surface area contributed by atoms with E-state index < -0.39 is 0 Å². The van der Waals surface area contributed by atoms with Crippen LogP contribution in [0.2, 0.25) is 0 Å². The number of aromatic nitrogens is 3. The molecule has 2 amide bonds. The van der Waals surface area contributed by atoms with Gasteiger partial charge in [0.15, 0.2) is 0 Å². The molecule has 0 spiro atoms. The van der Waals surface area contributed by atoms with Crippen molar-refractivity contribution in [3.05, 3.63) is 64.4 Å². The molecule has 0 unspecified atom stereocenters. The number of fused-ring (bicyclic) bond motifs is 1. The first-order valence-electron chi connectivity index (χ1n) is 8.93. The summed E-state index contributed by atoms with van der Waals surface area (Å²) >= 11 is 0. The van der Waals surface area contributed by atoms with Crippen molar-refractivity contribution < 1.29 is 9.59 Å². The number of benzene rings is 2. The fraction of sp³-hybridized carbons (Fsp3) is 0.250. The summed E-state index contributed by atoms with van der Waals surface area (Å²) in [6.07, 6.45) is 0. The number of carbonyl (C=O) groups is 2. The highest BCUT2D eigenvalue weighted by Gasteiger charge is 2.10. The Labute approximate surface area is 161 Å². The quantitative estimate of drug-likeness (QED) is 0.678. The molecule has 144 valence electrons. The Morgan fingerprint density at radius 2 is 1.79 bits per heavy atom. The van der Waals surface area contributed by atoms with Gasteiger partial charge in [0.05, 0.1) is 5.39 Å². The van der Waals surface area contributed by atoms with Crippen LogP contribution in [0, 0.1) is 5.92 Å². The van der Waals surface area contributed by atoms with Gasteiger partial charge in [-0.05, 0) is 29.8 Å². The van der Waals surface area contributed by atoms with Gasteiger partial charge < -0.3 is 10.6 Å². The molecule has 3 rings (SSSR count). The first kappa shape index (κ1) is 19.2. The molecule has 2 N–H and O–H groups in total. The van der Waals surface area contributed by atoms with E-state index in [1.165, 1.54) is 0 Å². The number of hydrogen-bond donors (Lipinski definition) is 2. The molecule has 0 bridgehead atoms. The van der Waals surface area contributed by atoms with E-state index in [9.17, 15) is 14.4 Å². The topological polar surface area (TPSA) is 106 Å². The summed E-state index contributed by atoms with van der Waals surface area (Å²) in [4.78, 5) is 36.2. The largest absolute Gasteiger partial charge is 0.350 e. The van der Waals surface area contributed by atoms with Crippen molar-refractivity contribution in [1.29, 1.82) is 0 Å². The van der Waals surface area contributed by atoms with Crippen LogP contribution in [0.1, 0.15) is 19.4 Å². The van der Waals surface area contributed by atoms with Gasteiger partial charge in [0.1, 0.15) is 12.1 Å². The maximum absolute atomic E-state index is 12.4. The Hall–Kier alpha value is -3.55. The minimum atomic E-state index is -0.356. The Morgan fingerprint density at radius 1 is 1.07 bits per heavy atom. The number of carbonyl (C=O) groups excluding carboxylic acids is 2. The number of nitrogens with one attached hydrogen (secondary N) is 2. The van der Waals surface area contributed by atoms with Crippen LogP contribution in [0.5, 0.6) is 0 Å². The summed E-state index contributed by atoms with van der Waals surface area (Å²) in [6, 6.07) is 14.1. The molecule has 8 heteroatoms. The fourth-order valence-corrected chi connectivity index (χ4v) is 2.51. The number of anilines is 1. The van der Waals surface area contributed by atoms with Crippen LogP contribution in [-0.2, 0) is 22.7 Å². The Kier molecular flexibility index (Phi) is 5.78. The first-order valence-corrected chi connectivity index (χ1v) is 8.93. The minimum absolute atomic E-state index is 0.0528. The summed E-state index contributed by atoms with van der Waals surface area (Å²) in [5.74, 6) is -0.493. The maximum Gasteiger partial charge on any atom is 0.278 e. The summed E-state index contributed by atoms with van der Waals surface area (Å²) < 4.78 is 1.04. The third kappa shape index (κ3) is 4.59. The summed E-state index contributed by atoms with van der Waals surface area (Å²) in [5, 5.41) is 13.7. The third-order valence-electron chi connectivity index (χ3n) is 4.16. The van der Waals surface area contributed by atoms with Crippen molar-refractivity contribution in [1.82, 2.24) is 20.3 Å². The highest BCUT2D eigenvalue weighted by atomic mass is 16.2.